The van der Waals surface area contributed by atoms with Gasteiger partial charge >= 0.3 is 6.03 Å². The van der Waals surface area contributed by atoms with E-state index in [1.165, 1.54) is 4.90 Å². The lowest BCUT2D eigenvalue weighted by Crippen LogP contribution is -2.42. The highest BCUT2D eigenvalue weighted by atomic mass is 16.2. The average Bonchev–Trinajstić information content (AvgIpc) is 2.69. The molecule has 0 aromatic rings. The van der Waals surface area contributed by atoms with Crippen LogP contribution < -0.4 is 0 Å². The van der Waals surface area contributed by atoms with Crippen LogP contribution in [0.4, 0.5) is 4.79 Å². The number of hydrogen-bond acceptors (Lipinski definition) is 3. The predicted octanol–water partition coefficient (Wildman–Crippen LogP) is 0.551. The molecule has 0 spiro atoms. The van der Waals surface area contributed by atoms with Crippen LogP contribution in [0.1, 0.15) is 12.8 Å². The van der Waals surface area contributed by atoms with E-state index in [0.717, 1.165) is 25.9 Å². The quantitative estimate of drug-likeness (QED) is 0.600. The summed E-state index contributed by atoms with van der Waals surface area (Å²) in [4.78, 5) is 14.6. The van der Waals surface area contributed by atoms with Crippen LogP contribution >= 0.6 is 0 Å². The fourth-order valence-corrected chi connectivity index (χ4v) is 1.47. The molecule has 0 N–H and O–H groups in total. The van der Waals surface area contributed by atoms with Crippen molar-refractivity contribution in [2.24, 2.45) is 0 Å². The van der Waals surface area contributed by atoms with E-state index < -0.39 is 0 Å². The van der Waals surface area contributed by atoms with E-state index in [0.29, 0.717) is 0 Å². The van der Waals surface area contributed by atoms with Crippen molar-refractivity contribution in [2.75, 3.05) is 26.2 Å². The average molecular weight is 192 g/mol. The maximum atomic E-state index is 11.7. The number of hydrogen-bond donors (Lipinski definition) is 0. The molecule has 0 radical (unpaired) electrons. The zero-order valence-electron chi connectivity index (χ0n) is 7.94. The molecule has 0 aromatic carbocycles. The Bertz CT molecular complexity index is 266. The highest BCUT2D eigenvalue weighted by Crippen LogP contribution is 2.10. The minimum Gasteiger partial charge on any atom is -0.325 e. The molecule has 1 aliphatic rings. The topological polar surface area (TPSA) is 71.1 Å². The summed E-state index contributed by atoms with van der Waals surface area (Å²) in [6.45, 7) is 1.46. The van der Waals surface area contributed by atoms with Crippen molar-refractivity contribution in [1.82, 2.24) is 9.80 Å². The smallest absolute Gasteiger partial charge is 0.321 e. The van der Waals surface area contributed by atoms with Crippen LogP contribution in [0.5, 0.6) is 0 Å². The van der Waals surface area contributed by atoms with Crippen molar-refractivity contribution in [3.8, 4) is 12.1 Å². The molecular formula is C9H12N4O. The molecule has 5 heteroatoms. The first-order valence-electron chi connectivity index (χ1n) is 4.57. The zero-order valence-corrected chi connectivity index (χ0v) is 7.94. The molecule has 1 saturated heterocycles. The summed E-state index contributed by atoms with van der Waals surface area (Å²) in [6.07, 6.45) is 2.03. The first kappa shape index (κ1) is 10.3. The monoisotopic (exact) mass is 192 g/mol. The van der Waals surface area contributed by atoms with Gasteiger partial charge in [-0.1, -0.05) is 0 Å². The summed E-state index contributed by atoms with van der Waals surface area (Å²) in [7, 11) is 0. The predicted molar refractivity (Wildman–Crippen MR) is 49.0 cm³/mol. The maximum absolute atomic E-state index is 11.7. The molecule has 2 amide bonds. The Labute approximate surface area is 83.1 Å². The second-order valence-electron chi connectivity index (χ2n) is 3.15. The van der Waals surface area contributed by atoms with E-state index in [1.807, 2.05) is 12.1 Å². The van der Waals surface area contributed by atoms with Crippen LogP contribution in [0, 0.1) is 22.7 Å². The summed E-state index contributed by atoms with van der Waals surface area (Å²) >= 11 is 0. The summed E-state index contributed by atoms with van der Waals surface area (Å²) in [5.74, 6) is 0. The maximum Gasteiger partial charge on any atom is 0.321 e. The van der Waals surface area contributed by atoms with Crippen molar-refractivity contribution in [2.45, 2.75) is 12.8 Å². The van der Waals surface area contributed by atoms with Crippen LogP contribution in [-0.2, 0) is 0 Å². The van der Waals surface area contributed by atoms with Gasteiger partial charge in [0, 0.05) is 13.1 Å². The summed E-state index contributed by atoms with van der Waals surface area (Å²) in [5, 5.41) is 17.0. The lowest BCUT2D eigenvalue weighted by Gasteiger charge is -2.23. The Hall–Kier alpha value is -1.75. The number of amides is 2. The van der Waals surface area contributed by atoms with Crippen LogP contribution in [-0.4, -0.2) is 42.0 Å². The molecular weight excluding hydrogens is 180 g/mol. The molecule has 14 heavy (non-hydrogen) atoms. The van der Waals surface area contributed by atoms with Crippen molar-refractivity contribution < 1.29 is 4.79 Å². The van der Waals surface area contributed by atoms with Crippen molar-refractivity contribution in [1.29, 1.82) is 10.5 Å². The van der Waals surface area contributed by atoms with Gasteiger partial charge in [-0.05, 0) is 12.8 Å². The molecule has 0 atom stereocenters. The third-order valence-corrected chi connectivity index (χ3v) is 2.17. The van der Waals surface area contributed by atoms with Gasteiger partial charge in [-0.3, -0.25) is 4.90 Å². The number of carbonyl (C=O) groups is 1. The standard InChI is InChI=1S/C9H12N4O/c10-3-7-13(8-4-11)9(14)12-5-1-2-6-12/h1-2,5-8H2. The van der Waals surface area contributed by atoms with Crippen LogP contribution in [0.3, 0.4) is 0 Å². The molecule has 1 rings (SSSR count). The van der Waals surface area contributed by atoms with Crippen molar-refractivity contribution >= 4 is 6.03 Å². The molecule has 0 unspecified atom stereocenters. The Morgan fingerprint density at radius 1 is 1.21 bits per heavy atom. The molecule has 1 heterocycles. The fraction of sp³-hybridized carbons (Fsp3) is 0.667. The van der Waals surface area contributed by atoms with E-state index in [4.69, 9.17) is 10.5 Å². The Morgan fingerprint density at radius 3 is 2.14 bits per heavy atom. The van der Waals surface area contributed by atoms with Gasteiger partial charge in [0.1, 0.15) is 13.1 Å². The number of nitrogens with zero attached hydrogens (tertiary/aromatic N) is 4. The summed E-state index contributed by atoms with van der Waals surface area (Å²) in [6, 6.07) is 3.58. The third-order valence-electron chi connectivity index (χ3n) is 2.17. The second-order valence-corrected chi connectivity index (χ2v) is 3.15. The lowest BCUT2D eigenvalue weighted by molar-refractivity contribution is 0.173. The number of nitriles is 2. The van der Waals surface area contributed by atoms with E-state index in [1.54, 1.807) is 4.90 Å². The van der Waals surface area contributed by atoms with E-state index in [2.05, 4.69) is 0 Å². The molecule has 0 saturated carbocycles. The van der Waals surface area contributed by atoms with Crippen LogP contribution in [0.15, 0.2) is 0 Å². The second kappa shape index (κ2) is 5.08. The largest absolute Gasteiger partial charge is 0.325 e. The molecule has 0 bridgehead atoms. The molecule has 0 aromatic heterocycles. The molecule has 1 fully saturated rings. The minimum absolute atomic E-state index is 0.0110. The van der Waals surface area contributed by atoms with Gasteiger partial charge in [0.05, 0.1) is 12.1 Å². The lowest BCUT2D eigenvalue weighted by atomic mass is 10.4. The molecule has 74 valence electrons. The number of rotatable bonds is 2. The van der Waals surface area contributed by atoms with Gasteiger partial charge < -0.3 is 4.90 Å². The van der Waals surface area contributed by atoms with Crippen molar-refractivity contribution in [3.05, 3.63) is 0 Å². The van der Waals surface area contributed by atoms with Gasteiger partial charge in [0.25, 0.3) is 0 Å². The first-order valence-corrected chi connectivity index (χ1v) is 4.57. The fourth-order valence-electron chi connectivity index (χ4n) is 1.47. The van der Waals surface area contributed by atoms with E-state index in [-0.39, 0.29) is 19.1 Å². The summed E-state index contributed by atoms with van der Waals surface area (Å²) < 4.78 is 0. The van der Waals surface area contributed by atoms with Gasteiger partial charge in [-0.25, -0.2) is 4.79 Å². The van der Waals surface area contributed by atoms with Gasteiger partial charge in [0.15, 0.2) is 0 Å². The Kier molecular flexibility index (Phi) is 3.75. The molecule has 1 aliphatic heterocycles. The van der Waals surface area contributed by atoms with Crippen molar-refractivity contribution in [3.63, 3.8) is 0 Å². The highest BCUT2D eigenvalue weighted by Gasteiger charge is 2.22. The first-order chi connectivity index (χ1) is 6.79. The normalized spacial score (nSPS) is 14.6. The highest BCUT2D eigenvalue weighted by molar-refractivity contribution is 5.75. The van der Waals surface area contributed by atoms with Crippen LogP contribution in [0.25, 0.3) is 0 Å². The Balaban J connectivity index is 2.54. The van der Waals surface area contributed by atoms with Gasteiger partial charge in [0.2, 0.25) is 0 Å². The number of likely N-dealkylation sites (tertiary alicyclic amines) is 1. The number of carbonyl (C=O) groups excluding carboxylic acids is 1. The molecule has 0 aliphatic carbocycles. The number of urea groups is 1. The summed E-state index contributed by atoms with van der Waals surface area (Å²) in [5.41, 5.74) is 0. The Morgan fingerprint density at radius 2 is 1.71 bits per heavy atom. The van der Waals surface area contributed by atoms with Crippen LogP contribution in [0.2, 0.25) is 0 Å². The molecule has 5 nitrogen and oxygen atoms in total. The van der Waals surface area contributed by atoms with E-state index in [9.17, 15) is 4.79 Å². The van der Waals surface area contributed by atoms with Gasteiger partial charge in [-0.2, -0.15) is 10.5 Å². The minimum atomic E-state index is -0.189. The zero-order chi connectivity index (χ0) is 10.4. The van der Waals surface area contributed by atoms with E-state index >= 15 is 0 Å². The third kappa shape index (κ3) is 2.37. The van der Waals surface area contributed by atoms with Gasteiger partial charge in [-0.15, -0.1) is 0 Å². The SMILES string of the molecule is N#CCN(CC#N)C(=O)N1CCCC1.